The maximum atomic E-state index is 12.0. The van der Waals surface area contributed by atoms with Crippen LogP contribution >= 0.6 is 0 Å². The SMILES string of the molecule is O=C1CCC23C(=O)NCCCC2CC13. The van der Waals surface area contributed by atoms with Crippen LogP contribution in [0.5, 0.6) is 0 Å². The first-order valence-electron chi connectivity index (χ1n) is 5.56. The van der Waals surface area contributed by atoms with Crippen molar-refractivity contribution in [3.63, 3.8) is 0 Å². The number of hydrogen-bond acceptors (Lipinski definition) is 2. The van der Waals surface area contributed by atoms with Crippen molar-refractivity contribution in [2.75, 3.05) is 6.54 Å². The van der Waals surface area contributed by atoms with Crippen LogP contribution in [0.15, 0.2) is 0 Å². The fourth-order valence-corrected chi connectivity index (χ4v) is 3.68. The van der Waals surface area contributed by atoms with Crippen LogP contribution in [0.2, 0.25) is 0 Å². The number of ketones is 1. The van der Waals surface area contributed by atoms with Crippen LogP contribution in [-0.2, 0) is 9.59 Å². The maximum absolute atomic E-state index is 12.0. The van der Waals surface area contributed by atoms with Crippen molar-refractivity contribution in [2.24, 2.45) is 17.3 Å². The molecule has 1 aliphatic heterocycles. The van der Waals surface area contributed by atoms with Crippen LogP contribution in [0.1, 0.15) is 32.1 Å². The number of rotatable bonds is 0. The number of hydrogen-bond donors (Lipinski definition) is 1. The molecule has 0 aromatic heterocycles. The summed E-state index contributed by atoms with van der Waals surface area (Å²) >= 11 is 0. The molecule has 0 bridgehead atoms. The monoisotopic (exact) mass is 193 g/mol. The Morgan fingerprint density at radius 2 is 2.21 bits per heavy atom. The van der Waals surface area contributed by atoms with E-state index in [-0.39, 0.29) is 17.2 Å². The molecule has 0 aromatic carbocycles. The summed E-state index contributed by atoms with van der Waals surface area (Å²) in [5.74, 6) is 1.08. The molecule has 0 radical (unpaired) electrons. The molecular formula is C11H15NO2. The number of carbonyl (C=O) groups is 2. The van der Waals surface area contributed by atoms with Crippen LogP contribution in [0.3, 0.4) is 0 Å². The van der Waals surface area contributed by atoms with E-state index in [4.69, 9.17) is 0 Å². The standard InChI is InChI=1S/C11H15NO2/c13-9-3-4-11-7(6-8(9)11)2-1-5-12-10(11)14/h7-8H,1-6H2,(H,12,14). The van der Waals surface area contributed by atoms with E-state index in [9.17, 15) is 9.59 Å². The molecule has 1 N–H and O–H groups in total. The van der Waals surface area contributed by atoms with E-state index in [1.807, 2.05) is 0 Å². The fourth-order valence-electron chi connectivity index (χ4n) is 3.68. The summed E-state index contributed by atoms with van der Waals surface area (Å²) < 4.78 is 0. The molecule has 3 fully saturated rings. The van der Waals surface area contributed by atoms with Gasteiger partial charge < -0.3 is 5.32 Å². The zero-order chi connectivity index (χ0) is 9.76. The zero-order valence-corrected chi connectivity index (χ0v) is 8.21. The summed E-state index contributed by atoms with van der Waals surface area (Å²) in [5, 5.41) is 2.97. The van der Waals surface area contributed by atoms with Crippen molar-refractivity contribution in [3.8, 4) is 0 Å². The van der Waals surface area contributed by atoms with Crippen LogP contribution in [0.4, 0.5) is 0 Å². The lowest BCUT2D eigenvalue weighted by Gasteiger charge is -2.49. The van der Waals surface area contributed by atoms with Gasteiger partial charge in [-0.05, 0) is 31.6 Å². The number of carbonyl (C=O) groups excluding carboxylic acids is 2. The Kier molecular flexibility index (Phi) is 1.56. The molecule has 1 amide bonds. The van der Waals surface area contributed by atoms with E-state index in [0.29, 0.717) is 18.1 Å². The van der Waals surface area contributed by atoms with Gasteiger partial charge in [0.2, 0.25) is 5.91 Å². The largest absolute Gasteiger partial charge is 0.356 e. The van der Waals surface area contributed by atoms with Crippen molar-refractivity contribution >= 4 is 11.7 Å². The van der Waals surface area contributed by atoms with E-state index in [1.54, 1.807) is 0 Å². The molecule has 14 heavy (non-hydrogen) atoms. The highest BCUT2D eigenvalue weighted by Crippen LogP contribution is 2.61. The Hall–Kier alpha value is -0.860. The van der Waals surface area contributed by atoms with E-state index in [1.165, 1.54) is 0 Å². The lowest BCUT2D eigenvalue weighted by Crippen LogP contribution is -2.55. The van der Waals surface area contributed by atoms with Crippen molar-refractivity contribution in [3.05, 3.63) is 0 Å². The zero-order valence-electron chi connectivity index (χ0n) is 8.21. The molecule has 0 aromatic rings. The van der Waals surface area contributed by atoms with Gasteiger partial charge in [0.15, 0.2) is 0 Å². The molecule has 1 saturated heterocycles. The van der Waals surface area contributed by atoms with Gasteiger partial charge in [-0.3, -0.25) is 9.59 Å². The second-order valence-electron chi connectivity index (χ2n) is 4.89. The molecule has 3 aliphatic rings. The highest BCUT2D eigenvalue weighted by molar-refractivity contribution is 5.97. The van der Waals surface area contributed by atoms with E-state index >= 15 is 0 Å². The van der Waals surface area contributed by atoms with Crippen LogP contribution in [-0.4, -0.2) is 18.2 Å². The number of Topliss-reactive ketones (excluding diaryl/α,β-unsaturated/α-hetero) is 1. The second-order valence-corrected chi connectivity index (χ2v) is 4.89. The van der Waals surface area contributed by atoms with Crippen molar-refractivity contribution in [1.82, 2.24) is 5.32 Å². The van der Waals surface area contributed by atoms with Gasteiger partial charge >= 0.3 is 0 Å². The number of amides is 1. The Morgan fingerprint density at radius 1 is 1.36 bits per heavy atom. The van der Waals surface area contributed by atoms with E-state index in [2.05, 4.69) is 5.32 Å². The Morgan fingerprint density at radius 3 is 3.00 bits per heavy atom. The molecule has 3 heteroatoms. The Labute approximate surface area is 83.2 Å². The van der Waals surface area contributed by atoms with Gasteiger partial charge in [0.25, 0.3) is 0 Å². The minimum absolute atomic E-state index is 0.0746. The topological polar surface area (TPSA) is 46.2 Å². The van der Waals surface area contributed by atoms with E-state index in [0.717, 1.165) is 32.2 Å². The first kappa shape index (κ1) is 8.45. The molecule has 3 nitrogen and oxygen atoms in total. The third-order valence-electron chi connectivity index (χ3n) is 4.48. The normalized spacial score (nSPS) is 46.0. The van der Waals surface area contributed by atoms with Crippen molar-refractivity contribution in [1.29, 1.82) is 0 Å². The first-order valence-corrected chi connectivity index (χ1v) is 5.56. The predicted molar refractivity (Wildman–Crippen MR) is 50.5 cm³/mol. The maximum Gasteiger partial charge on any atom is 0.227 e. The smallest absolute Gasteiger partial charge is 0.227 e. The van der Waals surface area contributed by atoms with Crippen LogP contribution in [0, 0.1) is 17.3 Å². The third-order valence-corrected chi connectivity index (χ3v) is 4.48. The van der Waals surface area contributed by atoms with Gasteiger partial charge in [-0.2, -0.15) is 0 Å². The lowest BCUT2D eigenvalue weighted by molar-refractivity contribution is -0.152. The van der Waals surface area contributed by atoms with Gasteiger partial charge in [-0.1, -0.05) is 0 Å². The minimum Gasteiger partial charge on any atom is -0.356 e. The molecule has 76 valence electrons. The van der Waals surface area contributed by atoms with Gasteiger partial charge in [0.05, 0.1) is 5.41 Å². The summed E-state index contributed by atoms with van der Waals surface area (Å²) in [6, 6.07) is 0. The molecule has 3 unspecified atom stereocenters. The number of nitrogens with one attached hydrogen (secondary N) is 1. The summed E-state index contributed by atoms with van der Waals surface area (Å²) in [6.45, 7) is 0.804. The quantitative estimate of drug-likeness (QED) is 0.620. The summed E-state index contributed by atoms with van der Waals surface area (Å²) in [7, 11) is 0. The fraction of sp³-hybridized carbons (Fsp3) is 0.818. The molecule has 3 atom stereocenters. The molecular weight excluding hydrogens is 178 g/mol. The molecule has 2 aliphatic carbocycles. The van der Waals surface area contributed by atoms with Gasteiger partial charge in [0.1, 0.15) is 5.78 Å². The van der Waals surface area contributed by atoms with Gasteiger partial charge in [-0.25, -0.2) is 0 Å². The summed E-state index contributed by atoms with van der Waals surface area (Å²) in [4.78, 5) is 23.5. The predicted octanol–water partition coefficient (Wildman–Crippen LogP) is 0.882. The summed E-state index contributed by atoms with van der Waals surface area (Å²) in [5.41, 5.74) is -0.256. The molecule has 1 heterocycles. The van der Waals surface area contributed by atoms with Crippen molar-refractivity contribution in [2.45, 2.75) is 32.1 Å². The average Bonchev–Trinajstić information content (AvgIpc) is 2.31. The Balaban J connectivity index is 1.98. The first-order chi connectivity index (χ1) is 6.75. The molecule has 2 saturated carbocycles. The second kappa shape index (κ2) is 2.59. The highest BCUT2D eigenvalue weighted by Gasteiger charge is 2.65. The molecule has 1 spiro atoms. The molecule has 3 rings (SSSR count). The Bertz CT molecular complexity index is 312. The lowest BCUT2D eigenvalue weighted by atomic mass is 9.53. The minimum atomic E-state index is -0.256. The van der Waals surface area contributed by atoms with Crippen LogP contribution < -0.4 is 5.32 Å². The average molecular weight is 193 g/mol. The van der Waals surface area contributed by atoms with Crippen LogP contribution in [0.25, 0.3) is 0 Å². The summed E-state index contributed by atoms with van der Waals surface area (Å²) in [6.07, 6.45) is 4.63. The van der Waals surface area contributed by atoms with Gasteiger partial charge in [0, 0.05) is 18.9 Å². The van der Waals surface area contributed by atoms with Crippen molar-refractivity contribution < 1.29 is 9.59 Å². The van der Waals surface area contributed by atoms with E-state index < -0.39 is 0 Å². The highest BCUT2D eigenvalue weighted by atomic mass is 16.2. The van der Waals surface area contributed by atoms with Gasteiger partial charge in [-0.15, -0.1) is 0 Å². The third kappa shape index (κ3) is 0.787.